The van der Waals surface area contributed by atoms with E-state index in [2.05, 4.69) is 12.1 Å². The number of hydrogen-bond donors (Lipinski definition) is 2. The third-order valence-electron chi connectivity index (χ3n) is 10.4. The predicted molar refractivity (Wildman–Crippen MR) is 158 cm³/mol. The van der Waals surface area contributed by atoms with E-state index in [1.807, 2.05) is 12.1 Å². The summed E-state index contributed by atoms with van der Waals surface area (Å²) in [7, 11) is 3.18. The second-order valence-corrected chi connectivity index (χ2v) is 12.8. The molecule has 2 fully saturated rings. The Morgan fingerprint density at radius 2 is 1.76 bits per heavy atom. The van der Waals surface area contributed by atoms with Gasteiger partial charge in [-0.2, -0.15) is 0 Å². The normalized spacial score (nSPS) is 24.6. The molecule has 1 aliphatic heterocycles. The van der Waals surface area contributed by atoms with Gasteiger partial charge in [0.1, 0.15) is 30.0 Å². The number of hydrogen-bond acceptors (Lipinski definition) is 7. The Morgan fingerprint density at radius 1 is 0.976 bits per heavy atom. The van der Waals surface area contributed by atoms with E-state index in [1.165, 1.54) is 51.7 Å². The molecule has 3 aliphatic carbocycles. The fraction of sp³-hybridized carbons (Fsp3) is 0.457. The van der Waals surface area contributed by atoms with Gasteiger partial charge in [-0.25, -0.2) is 0 Å². The molecule has 3 atom stereocenters. The van der Waals surface area contributed by atoms with Gasteiger partial charge in [0, 0.05) is 35.1 Å². The summed E-state index contributed by atoms with van der Waals surface area (Å²) >= 11 is 0. The Bertz CT molecular complexity index is 1570. The molecule has 7 heteroatoms. The second-order valence-electron chi connectivity index (χ2n) is 12.8. The van der Waals surface area contributed by atoms with Gasteiger partial charge in [0.25, 0.3) is 0 Å². The number of aromatic hydroxyl groups is 2. The van der Waals surface area contributed by atoms with Crippen LogP contribution in [0.2, 0.25) is 0 Å². The van der Waals surface area contributed by atoms with Crippen LogP contribution in [0.3, 0.4) is 0 Å². The van der Waals surface area contributed by atoms with Gasteiger partial charge in [0.15, 0.2) is 11.5 Å². The molecule has 4 aliphatic rings. The van der Waals surface area contributed by atoms with E-state index >= 15 is 0 Å². The lowest BCUT2D eigenvalue weighted by Crippen LogP contribution is -2.32. The number of esters is 1. The molecule has 2 spiro atoms. The van der Waals surface area contributed by atoms with Crippen molar-refractivity contribution in [1.82, 2.24) is 0 Å². The first-order valence-electron chi connectivity index (χ1n) is 15.0. The lowest BCUT2D eigenvalue weighted by atomic mass is 9.64. The summed E-state index contributed by atoms with van der Waals surface area (Å²) < 4.78 is 23.9. The lowest BCUT2D eigenvalue weighted by molar-refractivity contribution is -0.141. The second kappa shape index (κ2) is 9.85. The van der Waals surface area contributed by atoms with Crippen LogP contribution in [0.25, 0.3) is 11.1 Å². The maximum absolute atomic E-state index is 12.0. The number of phenols is 2. The van der Waals surface area contributed by atoms with E-state index in [0.717, 1.165) is 52.8 Å². The molecule has 2 saturated carbocycles. The van der Waals surface area contributed by atoms with Crippen molar-refractivity contribution >= 4 is 5.97 Å². The number of carbonyl (C=O) groups excluding carboxylic acids is 1. The fourth-order valence-corrected chi connectivity index (χ4v) is 8.71. The van der Waals surface area contributed by atoms with E-state index < -0.39 is 6.10 Å². The summed E-state index contributed by atoms with van der Waals surface area (Å²) in [5.41, 5.74) is 6.53. The minimum atomic E-state index is -0.428. The minimum Gasteiger partial charge on any atom is -0.508 e. The Balaban J connectivity index is 1.43. The third-order valence-corrected chi connectivity index (χ3v) is 10.4. The van der Waals surface area contributed by atoms with Crippen LogP contribution in [0, 0.1) is 5.41 Å². The first-order valence-corrected chi connectivity index (χ1v) is 15.0. The zero-order chi connectivity index (χ0) is 29.2. The number of carbonyl (C=O) groups is 1. The summed E-state index contributed by atoms with van der Waals surface area (Å²) in [6.07, 6.45) is 8.83. The highest BCUT2D eigenvalue weighted by molar-refractivity contribution is 5.84. The van der Waals surface area contributed by atoms with Gasteiger partial charge in [0.05, 0.1) is 20.1 Å². The summed E-state index contributed by atoms with van der Waals surface area (Å²) in [5, 5.41) is 20.9. The first-order chi connectivity index (χ1) is 20.3. The fourth-order valence-electron chi connectivity index (χ4n) is 8.71. The van der Waals surface area contributed by atoms with E-state index in [4.69, 9.17) is 18.9 Å². The molecule has 220 valence electrons. The third kappa shape index (κ3) is 4.11. The van der Waals surface area contributed by atoms with Crippen LogP contribution in [0.1, 0.15) is 86.1 Å². The van der Waals surface area contributed by atoms with Crippen molar-refractivity contribution in [2.24, 2.45) is 5.41 Å². The maximum atomic E-state index is 12.0. The molecule has 3 aromatic rings. The SMILES string of the molecule is COc1cc([C@H]2Oc3c(ccc4c3[C@@]3(CCC5(CCCC5)C3)Cc3cc(O)cc(OC)c3-4)[C@H]2COC(C)=O)ccc1O. The summed E-state index contributed by atoms with van der Waals surface area (Å²) in [6.45, 7) is 1.61. The molecule has 0 bridgehead atoms. The van der Waals surface area contributed by atoms with Crippen molar-refractivity contribution in [3.8, 4) is 39.9 Å². The Labute approximate surface area is 246 Å². The number of rotatable bonds is 5. The number of methoxy groups -OCH3 is 2. The van der Waals surface area contributed by atoms with E-state index in [0.29, 0.717) is 16.9 Å². The van der Waals surface area contributed by atoms with Crippen molar-refractivity contribution in [2.75, 3.05) is 20.8 Å². The zero-order valence-corrected chi connectivity index (χ0v) is 24.5. The van der Waals surface area contributed by atoms with Crippen molar-refractivity contribution in [2.45, 2.75) is 75.7 Å². The summed E-state index contributed by atoms with van der Waals surface area (Å²) in [6, 6.07) is 13.2. The topological polar surface area (TPSA) is 94.5 Å². The van der Waals surface area contributed by atoms with Gasteiger partial charge in [-0.3, -0.25) is 4.79 Å². The van der Waals surface area contributed by atoms with Crippen LogP contribution in [0.15, 0.2) is 42.5 Å². The highest BCUT2D eigenvalue weighted by atomic mass is 16.5. The average molecular weight is 571 g/mol. The Morgan fingerprint density at radius 3 is 2.50 bits per heavy atom. The van der Waals surface area contributed by atoms with E-state index in [-0.39, 0.29) is 35.4 Å². The highest BCUT2D eigenvalue weighted by Gasteiger charge is 2.55. The van der Waals surface area contributed by atoms with Crippen LogP contribution >= 0.6 is 0 Å². The number of fused-ring (bicyclic) bond motifs is 6. The molecular weight excluding hydrogens is 532 g/mol. The summed E-state index contributed by atoms with van der Waals surface area (Å²) in [4.78, 5) is 12.0. The van der Waals surface area contributed by atoms with Crippen LogP contribution in [0.4, 0.5) is 0 Å². The van der Waals surface area contributed by atoms with Gasteiger partial charge in [0.2, 0.25) is 0 Å². The first kappa shape index (κ1) is 27.0. The molecular formula is C35H38O7. The van der Waals surface area contributed by atoms with Crippen LogP contribution in [-0.4, -0.2) is 37.0 Å². The quantitative estimate of drug-likeness (QED) is 0.316. The largest absolute Gasteiger partial charge is 0.508 e. The van der Waals surface area contributed by atoms with Crippen molar-refractivity contribution < 1.29 is 34.0 Å². The molecule has 0 unspecified atom stereocenters. The lowest BCUT2D eigenvalue weighted by Gasteiger charge is -2.40. The molecule has 2 N–H and O–H groups in total. The van der Waals surface area contributed by atoms with Crippen LogP contribution < -0.4 is 14.2 Å². The van der Waals surface area contributed by atoms with E-state index in [9.17, 15) is 15.0 Å². The zero-order valence-electron chi connectivity index (χ0n) is 24.5. The van der Waals surface area contributed by atoms with Gasteiger partial charge >= 0.3 is 5.97 Å². The standard InChI is InChI=1S/C35H38O7/c1-20(36)41-18-26-24-7-8-25-30-22(14-23(37)16-29(30)40-3)17-35(13-12-34(19-35)10-4-5-11-34)31(25)33(24)42-32(26)21-6-9-27(38)28(15-21)39-2/h6-9,14-16,26,32,37-38H,4-5,10-13,17-19H2,1-3H3/t26-,32-,35+/m1/s1. The maximum Gasteiger partial charge on any atom is 0.302 e. The molecule has 0 radical (unpaired) electrons. The molecule has 1 heterocycles. The highest BCUT2D eigenvalue weighted by Crippen LogP contribution is 2.66. The number of phenolic OH excluding ortho intramolecular Hbond substituents is 2. The molecule has 0 aromatic heterocycles. The van der Waals surface area contributed by atoms with Crippen molar-refractivity contribution in [1.29, 1.82) is 0 Å². The minimum absolute atomic E-state index is 0.0596. The number of ether oxygens (including phenoxy) is 4. The predicted octanol–water partition coefficient (Wildman–Crippen LogP) is 7.10. The average Bonchev–Trinajstić information content (AvgIpc) is 3.68. The van der Waals surface area contributed by atoms with Gasteiger partial charge < -0.3 is 29.2 Å². The number of benzene rings is 3. The smallest absolute Gasteiger partial charge is 0.302 e. The summed E-state index contributed by atoms with van der Waals surface area (Å²) in [5.74, 6) is 1.61. The Hall–Kier alpha value is -3.87. The monoisotopic (exact) mass is 570 g/mol. The Kier molecular flexibility index (Phi) is 6.33. The van der Waals surface area contributed by atoms with E-state index in [1.54, 1.807) is 25.3 Å². The molecule has 0 amide bonds. The van der Waals surface area contributed by atoms with Gasteiger partial charge in [-0.1, -0.05) is 31.0 Å². The van der Waals surface area contributed by atoms with Gasteiger partial charge in [-0.15, -0.1) is 0 Å². The van der Waals surface area contributed by atoms with Gasteiger partial charge in [-0.05, 0) is 78.8 Å². The molecule has 7 nitrogen and oxygen atoms in total. The molecule has 42 heavy (non-hydrogen) atoms. The van der Waals surface area contributed by atoms with Crippen molar-refractivity contribution in [3.63, 3.8) is 0 Å². The van der Waals surface area contributed by atoms with Crippen molar-refractivity contribution in [3.05, 3.63) is 64.7 Å². The van der Waals surface area contributed by atoms with Crippen LogP contribution in [0.5, 0.6) is 28.7 Å². The molecule has 0 saturated heterocycles. The van der Waals surface area contributed by atoms with Crippen LogP contribution in [-0.2, 0) is 21.4 Å². The molecule has 3 aromatic carbocycles. The molecule has 7 rings (SSSR count).